The molecule has 0 amide bonds. The summed E-state index contributed by atoms with van der Waals surface area (Å²) < 4.78 is 29.7. The Morgan fingerprint density at radius 2 is 2.14 bits per heavy atom. The summed E-state index contributed by atoms with van der Waals surface area (Å²) in [5, 5.41) is 0. The van der Waals surface area contributed by atoms with Crippen LogP contribution in [0.1, 0.15) is 29.3 Å². The maximum atomic E-state index is 13.7. The molecule has 0 spiro atoms. The minimum absolute atomic E-state index is 0. The molecule has 2 aromatic rings. The number of aromatic amines is 1. The summed E-state index contributed by atoms with van der Waals surface area (Å²) in [6, 6.07) is 2.47. The van der Waals surface area contributed by atoms with E-state index in [1.807, 2.05) is 4.57 Å². The summed E-state index contributed by atoms with van der Waals surface area (Å²) in [5.41, 5.74) is 7.97. The van der Waals surface area contributed by atoms with Crippen LogP contribution in [0.25, 0.3) is 0 Å². The topological polar surface area (TPSA) is 46.7 Å². The van der Waals surface area contributed by atoms with Gasteiger partial charge < -0.3 is 27.7 Å². The molecule has 0 fully saturated rings. The maximum absolute atomic E-state index is 13.7. The minimum atomic E-state index is -0.529. The van der Waals surface area contributed by atoms with E-state index in [0.717, 1.165) is 23.7 Å². The van der Waals surface area contributed by atoms with Crippen molar-refractivity contribution in [1.29, 1.82) is 0 Å². The Labute approximate surface area is 132 Å². The third-order valence-electron chi connectivity index (χ3n) is 3.90. The highest BCUT2D eigenvalue weighted by molar-refractivity contribution is 7.71. The van der Waals surface area contributed by atoms with Crippen LogP contribution in [-0.2, 0) is 19.4 Å². The van der Waals surface area contributed by atoms with Crippen molar-refractivity contribution in [2.75, 3.05) is 0 Å². The number of fused-ring (bicyclic) bond motifs is 1. The van der Waals surface area contributed by atoms with Gasteiger partial charge in [-0.25, -0.2) is 8.78 Å². The first-order valence-corrected chi connectivity index (χ1v) is 6.96. The third-order valence-corrected chi connectivity index (χ3v) is 4.22. The lowest BCUT2D eigenvalue weighted by atomic mass is 9.87. The first-order chi connectivity index (χ1) is 9.60. The molecular weight excluding hydrogens is 316 g/mol. The summed E-state index contributed by atoms with van der Waals surface area (Å²) in [6.07, 6.45) is 3.73. The zero-order chi connectivity index (χ0) is 14.3. The number of aromatic nitrogens is 2. The van der Waals surface area contributed by atoms with Gasteiger partial charge in [-0.05, 0) is 48.7 Å². The van der Waals surface area contributed by atoms with Crippen LogP contribution in [0.5, 0.6) is 0 Å². The number of hydrogen-bond donors (Lipinski definition) is 2. The standard InChI is InChI=1S/C14H15F2N3S.ClH/c15-9-3-8-4-10(1-2-12(8)13(16)5-9)19-11(6-17)7-18-14(19)20;/h3,5,7,10H,1-2,4,6,17H2,(H,18,20);1H/p-1/t10-;/m1./s1. The van der Waals surface area contributed by atoms with Gasteiger partial charge >= 0.3 is 0 Å². The van der Waals surface area contributed by atoms with E-state index in [4.69, 9.17) is 18.0 Å². The normalized spacial score (nSPS) is 17.2. The van der Waals surface area contributed by atoms with E-state index in [-0.39, 0.29) is 18.4 Å². The van der Waals surface area contributed by atoms with Crippen molar-refractivity contribution in [3.8, 4) is 0 Å². The monoisotopic (exact) mass is 330 g/mol. The number of rotatable bonds is 2. The first kappa shape index (κ1) is 16.1. The van der Waals surface area contributed by atoms with Crippen molar-refractivity contribution >= 4 is 12.2 Å². The van der Waals surface area contributed by atoms with E-state index in [1.54, 1.807) is 6.20 Å². The van der Waals surface area contributed by atoms with Crippen LogP contribution in [0.15, 0.2) is 18.3 Å². The number of nitrogens with one attached hydrogen (secondary N) is 1. The average molecular weight is 331 g/mol. The van der Waals surface area contributed by atoms with Crippen LogP contribution in [0, 0.1) is 16.4 Å². The number of halogens is 3. The van der Waals surface area contributed by atoms with Crippen molar-refractivity contribution in [2.24, 2.45) is 5.73 Å². The van der Waals surface area contributed by atoms with Crippen molar-refractivity contribution < 1.29 is 21.2 Å². The Kier molecular flexibility index (Phi) is 4.81. The van der Waals surface area contributed by atoms with Gasteiger partial charge in [0.05, 0.1) is 5.69 Å². The lowest BCUT2D eigenvalue weighted by molar-refractivity contribution is -0.00000549. The molecule has 7 heteroatoms. The quantitative estimate of drug-likeness (QED) is 0.763. The summed E-state index contributed by atoms with van der Waals surface area (Å²) in [7, 11) is 0. The van der Waals surface area contributed by atoms with Crippen LogP contribution in [-0.4, -0.2) is 9.55 Å². The number of H-pyrrole nitrogens is 1. The molecule has 0 bridgehead atoms. The molecule has 3 rings (SSSR count). The molecule has 21 heavy (non-hydrogen) atoms. The highest BCUT2D eigenvalue weighted by atomic mass is 35.5. The van der Waals surface area contributed by atoms with Crippen LogP contribution in [0.4, 0.5) is 8.78 Å². The largest absolute Gasteiger partial charge is 1.00 e. The maximum Gasteiger partial charge on any atom is 0.177 e. The summed E-state index contributed by atoms with van der Waals surface area (Å²) in [5.74, 6) is -0.978. The van der Waals surface area contributed by atoms with E-state index in [1.165, 1.54) is 6.07 Å². The van der Waals surface area contributed by atoms with Gasteiger partial charge in [-0.3, -0.25) is 0 Å². The van der Waals surface area contributed by atoms with Gasteiger partial charge in [-0.2, -0.15) is 0 Å². The Bertz CT molecular complexity index is 711. The Morgan fingerprint density at radius 1 is 1.38 bits per heavy atom. The van der Waals surface area contributed by atoms with Gasteiger partial charge in [0.1, 0.15) is 11.6 Å². The average Bonchev–Trinajstić information content (AvgIpc) is 2.78. The highest BCUT2D eigenvalue weighted by Gasteiger charge is 2.24. The molecule has 1 heterocycles. The minimum Gasteiger partial charge on any atom is -1.00 e. The lowest BCUT2D eigenvalue weighted by Gasteiger charge is -2.27. The molecule has 0 saturated heterocycles. The van der Waals surface area contributed by atoms with Crippen molar-refractivity contribution in [1.82, 2.24) is 9.55 Å². The van der Waals surface area contributed by atoms with E-state index in [9.17, 15) is 8.78 Å². The molecule has 0 unspecified atom stereocenters. The fourth-order valence-corrected chi connectivity index (χ4v) is 3.30. The Balaban J connectivity index is 0.00000161. The SMILES string of the molecule is NCc1c[nH]c(=S)n1[C@@H]1CCc2c(F)cc(F)cc2C1.[Cl-]. The number of benzene rings is 1. The van der Waals surface area contributed by atoms with Crippen molar-refractivity contribution in [3.63, 3.8) is 0 Å². The zero-order valence-electron chi connectivity index (χ0n) is 11.2. The lowest BCUT2D eigenvalue weighted by Crippen LogP contribution is -3.00. The molecule has 3 nitrogen and oxygen atoms in total. The second-order valence-corrected chi connectivity index (χ2v) is 5.47. The van der Waals surface area contributed by atoms with Gasteiger partial charge in [0.15, 0.2) is 4.77 Å². The number of hydrogen-bond acceptors (Lipinski definition) is 2. The van der Waals surface area contributed by atoms with E-state index < -0.39 is 11.6 Å². The fraction of sp³-hybridized carbons (Fsp3) is 0.357. The van der Waals surface area contributed by atoms with Crippen LogP contribution in [0.2, 0.25) is 0 Å². The smallest absolute Gasteiger partial charge is 0.177 e. The van der Waals surface area contributed by atoms with Gasteiger partial charge in [0, 0.05) is 24.8 Å². The summed E-state index contributed by atoms with van der Waals surface area (Å²) in [4.78, 5) is 2.98. The molecular formula is C14H15ClF2N3S-. The molecule has 1 aromatic carbocycles. The number of imidazole rings is 1. The molecule has 114 valence electrons. The van der Waals surface area contributed by atoms with Gasteiger partial charge in [-0.1, -0.05) is 0 Å². The fourth-order valence-electron chi connectivity index (χ4n) is 2.98. The number of nitrogens with two attached hydrogens (primary N) is 1. The second-order valence-electron chi connectivity index (χ2n) is 5.08. The van der Waals surface area contributed by atoms with Gasteiger partial charge in [0.25, 0.3) is 0 Å². The van der Waals surface area contributed by atoms with Crippen LogP contribution < -0.4 is 18.1 Å². The second kappa shape index (κ2) is 6.25. The molecule has 1 atom stereocenters. The predicted molar refractivity (Wildman–Crippen MR) is 74.9 cm³/mol. The zero-order valence-corrected chi connectivity index (χ0v) is 12.8. The summed E-state index contributed by atoms with van der Waals surface area (Å²) in [6.45, 7) is 0.383. The highest BCUT2D eigenvalue weighted by Crippen LogP contribution is 2.32. The van der Waals surface area contributed by atoms with Crippen LogP contribution in [0.3, 0.4) is 0 Å². The Hall–Kier alpha value is -1.24. The van der Waals surface area contributed by atoms with Crippen molar-refractivity contribution in [3.05, 3.63) is 51.6 Å². The van der Waals surface area contributed by atoms with E-state index in [0.29, 0.717) is 29.7 Å². The molecule has 1 aliphatic rings. The predicted octanol–water partition coefficient (Wildman–Crippen LogP) is 0.0166. The number of nitrogens with zero attached hydrogens (tertiary/aromatic N) is 1. The molecule has 1 aromatic heterocycles. The molecule has 0 aliphatic heterocycles. The van der Waals surface area contributed by atoms with Gasteiger partial charge in [0.2, 0.25) is 0 Å². The van der Waals surface area contributed by atoms with Crippen molar-refractivity contribution in [2.45, 2.75) is 31.8 Å². The molecule has 1 aliphatic carbocycles. The Morgan fingerprint density at radius 3 is 2.86 bits per heavy atom. The van der Waals surface area contributed by atoms with Gasteiger partial charge in [-0.15, -0.1) is 0 Å². The van der Waals surface area contributed by atoms with E-state index >= 15 is 0 Å². The molecule has 0 radical (unpaired) electrons. The van der Waals surface area contributed by atoms with E-state index in [2.05, 4.69) is 4.98 Å². The third kappa shape index (κ3) is 2.88. The molecule has 3 N–H and O–H groups in total. The summed E-state index contributed by atoms with van der Waals surface area (Å²) >= 11 is 5.27. The first-order valence-electron chi connectivity index (χ1n) is 6.55. The molecule has 0 saturated carbocycles. The van der Waals surface area contributed by atoms with Crippen LogP contribution >= 0.6 is 12.2 Å².